The van der Waals surface area contributed by atoms with Crippen molar-refractivity contribution in [2.24, 2.45) is 0 Å². The molecule has 0 saturated carbocycles. The smallest absolute Gasteiger partial charge is 0.243 e. The molecule has 0 aliphatic carbocycles. The van der Waals surface area contributed by atoms with E-state index in [1.165, 1.54) is 35.0 Å². The SMILES string of the molecule is Fc1ccc2nc(NCc3ccc(F)c(Cl)c3)nn2c1. The van der Waals surface area contributed by atoms with Gasteiger partial charge in [0.15, 0.2) is 5.65 Å². The van der Waals surface area contributed by atoms with Crippen molar-refractivity contribution in [3.63, 3.8) is 0 Å². The van der Waals surface area contributed by atoms with Gasteiger partial charge in [-0.3, -0.25) is 0 Å². The van der Waals surface area contributed by atoms with Crippen LogP contribution in [0.4, 0.5) is 14.7 Å². The minimum atomic E-state index is -0.461. The van der Waals surface area contributed by atoms with Crippen LogP contribution in [0.1, 0.15) is 5.56 Å². The number of anilines is 1. The third-order valence-corrected chi connectivity index (χ3v) is 3.02. The van der Waals surface area contributed by atoms with Gasteiger partial charge in [0.1, 0.15) is 11.6 Å². The van der Waals surface area contributed by atoms with Crippen molar-refractivity contribution < 1.29 is 8.78 Å². The van der Waals surface area contributed by atoms with Gasteiger partial charge in [0, 0.05) is 6.54 Å². The van der Waals surface area contributed by atoms with E-state index in [0.29, 0.717) is 18.1 Å². The fourth-order valence-corrected chi connectivity index (χ4v) is 1.97. The molecule has 3 aromatic rings. The molecule has 0 unspecified atom stereocenters. The van der Waals surface area contributed by atoms with E-state index < -0.39 is 5.82 Å². The van der Waals surface area contributed by atoms with Gasteiger partial charge in [0.25, 0.3) is 0 Å². The van der Waals surface area contributed by atoms with Crippen LogP contribution in [-0.4, -0.2) is 14.6 Å². The summed E-state index contributed by atoms with van der Waals surface area (Å²) < 4.78 is 27.4. The predicted octanol–water partition coefficient (Wildman–Crippen LogP) is 3.27. The number of nitrogens with one attached hydrogen (secondary N) is 1. The van der Waals surface area contributed by atoms with E-state index in [1.54, 1.807) is 6.07 Å². The summed E-state index contributed by atoms with van der Waals surface area (Å²) in [6, 6.07) is 7.28. The molecular formula is C13H9ClF2N4. The van der Waals surface area contributed by atoms with Crippen LogP contribution in [0, 0.1) is 11.6 Å². The molecule has 0 atom stereocenters. The molecule has 1 N–H and O–H groups in total. The Morgan fingerprint density at radius 2 is 2.05 bits per heavy atom. The summed E-state index contributed by atoms with van der Waals surface area (Å²) in [7, 11) is 0. The van der Waals surface area contributed by atoms with Crippen LogP contribution in [0.3, 0.4) is 0 Å². The van der Waals surface area contributed by atoms with E-state index >= 15 is 0 Å². The van der Waals surface area contributed by atoms with Crippen LogP contribution in [-0.2, 0) is 6.54 Å². The number of nitrogens with zero attached hydrogens (tertiary/aromatic N) is 3. The average molecular weight is 295 g/mol. The number of benzene rings is 1. The zero-order chi connectivity index (χ0) is 14.1. The number of fused-ring (bicyclic) bond motifs is 1. The van der Waals surface area contributed by atoms with Crippen molar-refractivity contribution in [3.05, 3.63) is 58.7 Å². The molecule has 0 amide bonds. The maximum Gasteiger partial charge on any atom is 0.243 e. The van der Waals surface area contributed by atoms with Crippen molar-refractivity contribution in [2.75, 3.05) is 5.32 Å². The number of rotatable bonds is 3. The molecular weight excluding hydrogens is 286 g/mol. The summed E-state index contributed by atoms with van der Waals surface area (Å²) in [5, 5.41) is 7.11. The van der Waals surface area contributed by atoms with Crippen LogP contribution in [0.5, 0.6) is 0 Å². The van der Waals surface area contributed by atoms with Crippen molar-refractivity contribution in [1.29, 1.82) is 0 Å². The Kier molecular flexibility index (Phi) is 3.23. The first kappa shape index (κ1) is 12.8. The second-order valence-corrected chi connectivity index (χ2v) is 4.59. The van der Waals surface area contributed by atoms with E-state index in [0.717, 1.165) is 5.56 Å². The van der Waals surface area contributed by atoms with Gasteiger partial charge < -0.3 is 5.32 Å². The van der Waals surface area contributed by atoms with Gasteiger partial charge in [-0.05, 0) is 29.8 Å². The molecule has 1 aromatic carbocycles. The molecule has 0 radical (unpaired) electrons. The lowest BCUT2D eigenvalue weighted by Gasteiger charge is -2.03. The first-order valence-electron chi connectivity index (χ1n) is 5.81. The number of halogens is 3. The Labute approximate surface area is 118 Å². The van der Waals surface area contributed by atoms with Crippen LogP contribution in [0.25, 0.3) is 5.65 Å². The Hall–Kier alpha value is -2.21. The summed E-state index contributed by atoms with van der Waals surface area (Å²) in [6.45, 7) is 0.388. The average Bonchev–Trinajstić information content (AvgIpc) is 2.82. The Morgan fingerprint density at radius 3 is 2.85 bits per heavy atom. The monoisotopic (exact) mass is 294 g/mol. The van der Waals surface area contributed by atoms with Gasteiger partial charge >= 0.3 is 0 Å². The molecule has 2 aromatic heterocycles. The molecule has 0 aliphatic rings. The lowest BCUT2D eigenvalue weighted by atomic mass is 10.2. The molecule has 7 heteroatoms. The van der Waals surface area contributed by atoms with Gasteiger partial charge in [-0.1, -0.05) is 17.7 Å². The first-order chi connectivity index (χ1) is 9.61. The van der Waals surface area contributed by atoms with Gasteiger partial charge in [0.05, 0.1) is 11.2 Å². The highest BCUT2D eigenvalue weighted by molar-refractivity contribution is 6.30. The molecule has 0 aliphatic heterocycles. The van der Waals surface area contributed by atoms with E-state index in [9.17, 15) is 8.78 Å². The molecule has 4 nitrogen and oxygen atoms in total. The maximum atomic E-state index is 13.0. The fraction of sp³-hybridized carbons (Fsp3) is 0.0769. The Morgan fingerprint density at radius 1 is 1.20 bits per heavy atom. The number of hydrogen-bond donors (Lipinski definition) is 1. The second-order valence-electron chi connectivity index (χ2n) is 4.19. The van der Waals surface area contributed by atoms with E-state index in [-0.39, 0.29) is 10.8 Å². The fourth-order valence-electron chi connectivity index (χ4n) is 1.76. The van der Waals surface area contributed by atoms with E-state index in [4.69, 9.17) is 11.6 Å². The molecule has 20 heavy (non-hydrogen) atoms. The van der Waals surface area contributed by atoms with Crippen LogP contribution >= 0.6 is 11.6 Å². The lowest BCUT2D eigenvalue weighted by Crippen LogP contribution is -2.01. The summed E-state index contributed by atoms with van der Waals surface area (Å²) in [5.74, 6) is -0.493. The van der Waals surface area contributed by atoms with Gasteiger partial charge in [-0.25, -0.2) is 13.3 Å². The molecule has 102 valence electrons. The molecule has 3 rings (SSSR count). The van der Waals surface area contributed by atoms with E-state index in [2.05, 4.69) is 15.4 Å². The molecule has 0 spiro atoms. The summed E-state index contributed by atoms with van der Waals surface area (Å²) in [4.78, 5) is 4.18. The largest absolute Gasteiger partial charge is 0.349 e. The van der Waals surface area contributed by atoms with Crippen molar-refractivity contribution in [3.8, 4) is 0 Å². The predicted molar refractivity (Wildman–Crippen MR) is 71.7 cm³/mol. The third kappa shape index (κ3) is 2.55. The van der Waals surface area contributed by atoms with E-state index in [1.807, 2.05) is 0 Å². The summed E-state index contributed by atoms with van der Waals surface area (Å²) in [6.07, 6.45) is 1.24. The van der Waals surface area contributed by atoms with Gasteiger partial charge in [-0.2, -0.15) is 4.98 Å². The summed E-state index contributed by atoms with van der Waals surface area (Å²) >= 11 is 5.70. The van der Waals surface area contributed by atoms with Gasteiger partial charge in [-0.15, -0.1) is 5.10 Å². The Bertz CT molecular complexity index is 772. The number of hydrogen-bond acceptors (Lipinski definition) is 3. The minimum Gasteiger partial charge on any atom is -0.349 e. The maximum absolute atomic E-state index is 13.0. The van der Waals surface area contributed by atoms with Crippen molar-refractivity contribution in [2.45, 2.75) is 6.54 Å². The molecule has 0 bridgehead atoms. The van der Waals surface area contributed by atoms with Crippen molar-refractivity contribution >= 4 is 23.2 Å². The standard InChI is InChI=1S/C13H9ClF2N4/c14-10-5-8(1-3-11(10)16)6-17-13-18-12-4-2-9(15)7-20(12)19-13/h1-5,7H,6H2,(H,17,19). The summed E-state index contributed by atoms with van der Waals surface area (Å²) in [5.41, 5.74) is 1.33. The second kappa shape index (κ2) is 5.05. The number of pyridine rings is 1. The third-order valence-electron chi connectivity index (χ3n) is 2.73. The zero-order valence-corrected chi connectivity index (χ0v) is 10.9. The first-order valence-corrected chi connectivity index (χ1v) is 6.19. The van der Waals surface area contributed by atoms with Crippen LogP contribution < -0.4 is 5.32 Å². The topological polar surface area (TPSA) is 42.2 Å². The zero-order valence-electron chi connectivity index (χ0n) is 10.1. The molecule has 2 heterocycles. The highest BCUT2D eigenvalue weighted by atomic mass is 35.5. The highest BCUT2D eigenvalue weighted by Crippen LogP contribution is 2.16. The minimum absolute atomic E-state index is 0.0642. The number of aromatic nitrogens is 3. The Balaban J connectivity index is 1.77. The van der Waals surface area contributed by atoms with Crippen molar-refractivity contribution in [1.82, 2.24) is 14.6 Å². The molecule has 0 fully saturated rings. The van der Waals surface area contributed by atoms with Crippen LogP contribution in [0.15, 0.2) is 36.5 Å². The van der Waals surface area contributed by atoms with Crippen LogP contribution in [0.2, 0.25) is 5.02 Å². The van der Waals surface area contributed by atoms with Gasteiger partial charge in [0.2, 0.25) is 5.95 Å². The highest BCUT2D eigenvalue weighted by Gasteiger charge is 2.05. The normalized spacial score (nSPS) is 10.9. The lowest BCUT2D eigenvalue weighted by molar-refractivity contribution is 0.615. The molecule has 0 saturated heterocycles. The quantitative estimate of drug-likeness (QED) is 0.806.